The van der Waals surface area contributed by atoms with E-state index in [4.69, 9.17) is 11.6 Å². The van der Waals surface area contributed by atoms with Crippen molar-refractivity contribution in [1.29, 1.82) is 0 Å². The molecule has 0 aliphatic rings. The van der Waals surface area contributed by atoms with Crippen molar-refractivity contribution >= 4 is 28.8 Å². The second kappa shape index (κ2) is 5.47. The summed E-state index contributed by atoms with van der Waals surface area (Å²) in [4.78, 5) is 9.53. The summed E-state index contributed by atoms with van der Waals surface area (Å²) in [6.07, 6.45) is 1.00. The van der Waals surface area contributed by atoms with Gasteiger partial charge in [-0.2, -0.15) is 0 Å². The summed E-state index contributed by atoms with van der Waals surface area (Å²) in [6, 6.07) is 6.37. The summed E-state index contributed by atoms with van der Waals surface area (Å²) in [5, 5.41) is 5.75. The Balaban J connectivity index is 2.18. The number of aryl methyl sites for hydroxylation is 1. The minimum Gasteiger partial charge on any atom is -0.362 e. The standard InChI is InChI=1S/C12H14ClN3S/c1-3-9(10-5-4-6-17-10)15-11-7-8(2)14-12(13)16-11/h4-7,9H,3H2,1-2H3,(H,14,15,16). The molecule has 1 atom stereocenters. The lowest BCUT2D eigenvalue weighted by Crippen LogP contribution is -2.10. The summed E-state index contributed by atoms with van der Waals surface area (Å²) >= 11 is 7.59. The molecular weight excluding hydrogens is 254 g/mol. The molecule has 0 radical (unpaired) electrons. The van der Waals surface area contributed by atoms with Crippen molar-refractivity contribution in [2.45, 2.75) is 26.3 Å². The van der Waals surface area contributed by atoms with Gasteiger partial charge in [0.1, 0.15) is 5.82 Å². The first-order valence-electron chi connectivity index (χ1n) is 5.50. The van der Waals surface area contributed by atoms with Crippen LogP contribution >= 0.6 is 22.9 Å². The van der Waals surface area contributed by atoms with E-state index in [-0.39, 0.29) is 11.3 Å². The predicted molar refractivity (Wildman–Crippen MR) is 72.8 cm³/mol. The minimum absolute atomic E-state index is 0.278. The molecule has 0 spiro atoms. The number of hydrogen-bond donors (Lipinski definition) is 1. The Labute approximate surface area is 110 Å². The third-order valence-electron chi connectivity index (χ3n) is 2.44. The first-order valence-corrected chi connectivity index (χ1v) is 6.76. The van der Waals surface area contributed by atoms with Crippen LogP contribution in [-0.4, -0.2) is 9.97 Å². The van der Waals surface area contributed by atoms with Gasteiger partial charge in [0, 0.05) is 16.6 Å². The number of aromatic nitrogens is 2. The number of nitrogens with zero attached hydrogens (tertiary/aromatic N) is 2. The monoisotopic (exact) mass is 267 g/mol. The van der Waals surface area contributed by atoms with E-state index in [9.17, 15) is 0 Å². The maximum Gasteiger partial charge on any atom is 0.224 e. The highest BCUT2D eigenvalue weighted by molar-refractivity contribution is 7.10. The molecule has 0 amide bonds. The van der Waals surface area contributed by atoms with Crippen molar-refractivity contribution in [3.05, 3.63) is 39.4 Å². The molecule has 2 aromatic heterocycles. The fourth-order valence-electron chi connectivity index (χ4n) is 1.65. The van der Waals surface area contributed by atoms with E-state index in [1.807, 2.05) is 13.0 Å². The van der Waals surface area contributed by atoms with Gasteiger partial charge in [0.15, 0.2) is 0 Å². The molecule has 2 rings (SSSR count). The molecule has 90 valence electrons. The molecule has 0 saturated heterocycles. The van der Waals surface area contributed by atoms with Crippen molar-refractivity contribution in [2.24, 2.45) is 0 Å². The second-order valence-corrected chi connectivity index (χ2v) is 5.10. The minimum atomic E-state index is 0.278. The zero-order chi connectivity index (χ0) is 12.3. The molecule has 3 nitrogen and oxygen atoms in total. The van der Waals surface area contributed by atoms with E-state index in [1.165, 1.54) is 4.88 Å². The molecule has 0 aliphatic heterocycles. The third-order valence-corrected chi connectivity index (χ3v) is 3.60. The fraction of sp³-hybridized carbons (Fsp3) is 0.333. The summed E-state index contributed by atoms with van der Waals surface area (Å²) in [5.74, 6) is 0.780. The average Bonchev–Trinajstić information content (AvgIpc) is 2.77. The van der Waals surface area contributed by atoms with Crippen molar-refractivity contribution in [3.8, 4) is 0 Å². The number of anilines is 1. The molecule has 0 aromatic carbocycles. The first-order chi connectivity index (χ1) is 8.19. The molecule has 1 unspecified atom stereocenters. The topological polar surface area (TPSA) is 37.8 Å². The van der Waals surface area contributed by atoms with Gasteiger partial charge < -0.3 is 5.32 Å². The van der Waals surface area contributed by atoms with Crippen LogP contribution in [-0.2, 0) is 0 Å². The maximum atomic E-state index is 5.84. The maximum absolute atomic E-state index is 5.84. The lowest BCUT2D eigenvalue weighted by atomic mass is 10.2. The summed E-state index contributed by atoms with van der Waals surface area (Å²) in [7, 11) is 0. The molecule has 5 heteroatoms. The highest BCUT2D eigenvalue weighted by atomic mass is 35.5. The van der Waals surface area contributed by atoms with Gasteiger partial charge in [-0.05, 0) is 36.4 Å². The van der Waals surface area contributed by atoms with Gasteiger partial charge in [-0.25, -0.2) is 9.97 Å². The van der Waals surface area contributed by atoms with Gasteiger partial charge in [0.25, 0.3) is 0 Å². The molecule has 2 heterocycles. The molecule has 0 bridgehead atoms. The van der Waals surface area contributed by atoms with E-state index in [0.717, 1.165) is 17.9 Å². The molecular formula is C12H14ClN3S. The van der Waals surface area contributed by atoms with Gasteiger partial charge in [-0.3, -0.25) is 0 Å². The average molecular weight is 268 g/mol. The SMILES string of the molecule is CCC(Nc1cc(C)nc(Cl)n1)c1cccs1. The lowest BCUT2D eigenvalue weighted by molar-refractivity contribution is 0.757. The van der Waals surface area contributed by atoms with E-state index in [0.29, 0.717) is 0 Å². The van der Waals surface area contributed by atoms with E-state index in [2.05, 4.69) is 39.7 Å². The first kappa shape index (κ1) is 12.3. The summed E-state index contributed by atoms with van der Waals surface area (Å²) in [6.45, 7) is 4.05. The third kappa shape index (κ3) is 3.17. The van der Waals surface area contributed by atoms with Crippen LogP contribution in [0, 0.1) is 6.92 Å². The number of halogens is 1. The van der Waals surface area contributed by atoms with E-state index in [1.54, 1.807) is 11.3 Å². The molecule has 2 aromatic rings. The van der Waals surface area contributed by atoms with Crippen LogP contribution in [0.2, 0.25) is 5.28 Å². The summed E-state index contributed by atoms with van der Waals surface area (Å²) in [5.41, 5.74) is 0.869. The Morgan fingerprint density at radius 1 is 1.47 bits per heavy atom. The quantitative estimate of drug-likeness (QED) is 0.849. The van der Waals surface area contributed by atoms with E-state index >= 15 is 0 Å². The summed E-state index contributed by atoms with van der Waals surface area (Å²) < 4.78 is 0. The molecule has 0 fully saturated rings. The Hall–Kier alpha value is -1.13. The van der Waals surface area contributed by atoms with Gasteiger partial charge in [-0.1, -0.05) is 13.0 Å². The van der Waals surface area contributed by atoms with Crippen molar-refractivity contribution < 1.29 is 0 Å². The Bertz CT molecular complexity index is 464. The number of thiophene rings is 1. The molecule has 17 heavy (non-hydrogen) atoms. The number of rotatable bonds is 4. The number of nitrogens with one attached hydrogen (secondary N) is 1. The highest BCUT2D eigenvalue weighted by Crippen LogP contribution is 2.25. The Kier molecular flexibility index (Phi) is 3.97. The molecule has 1 N–H and O–H groups in total. The van der Waals surface area contributed by atoms with Gasteiger partial charge in [0.05, 0.1) is 6.04 Å². The smallest absolute Gasteiger partial charge is 0.224 e. The van der Waals surface area contributed by atoms with Gasteiger partial charge in [-0.15, -0.1) is 11.3 Å². The zero-order valence-electron chi connectivity index (χ0n) is 9.77. The largest absolute Gasteiger partial charge is 0.362 e. The zero-order valence-corrected chi connectivity index (χ0v) is 11.3. The van der Waals surface area contributed by atoms with Crippen LogP contribution in [0.1, 0.15) is 30.0 Å². The van der Waals surface area contributed by atoms with Crippen LogP contribution < -0.4 is 5.32 Å². The number of hydrogen-bond acceptors (Lipinski definition) is 4. The van der Waals surface area contributed by atoms with Crippen molar-refractivity contribution in [2.75, 3.05) is 5.32 Å². The lowest BCUT2D eigenvalue weighted by Gasteiger charge is -2.16. The van der Waals surface area contributed by atoms with Crippen molar-refractivity contribution in [3.63, 3.8) is 0 Å². The van der Waals surface area contributed by atoms with Crippen LogP contribution in [0.3, 0.4) is 0 Å². The second-order valence-electron chi connectivity index (χ2n) is 3.78. The van der Waals surface area contributed by atoms with Crippen LogP contribution in [0.15, 0.2) is 23.6 Å². The fourth-order valence-corrected chi connectivity index (χ4v) is 2.73. The molecule has 0 saturated carbocycles. The highest BCUT2D eigenvalue weighted by Gasteiger charge is 2.11. The Morgan fingerprint density at radius 3 is 2.88 bits per heavy atom. The Morgan fingerprint density at radius 2 is 2.29 bits per heavy atom. The predicted octanol–water partition coefficient (Wildman–Crippen LogP) is 4.06. The van der Waals surface area contributed by atoms with E-state index < -0.39 is 0 Å². The van der Waals surface area contributed by atoms with Crippen LogP contribution in [0.25, 0.3) is 0 Å². The van der Waals surface area contributed by atoms with Gasteiger partial charge >= 0.3 is 0 Å². The van der Waals surface area contributed by atoms with Crippen LogP contribution in [0.5, 0.6) is 0 Å². The van der Waals surface area contributed by atoms with Gasteiger partial charge in [0.2, 0.25) is 5.28 Å². The normalized spacial score (nSPS) is 12.4. The van der Waals surface area contributed by atoms with Crippen molar-refractivity contribution in [1.82, 2.24) is 9.97 Å². The van der Waals surface area contributed by atoms with Crippen LogP contribution in [0.4, 0.5) is 5.82 Å². The molecule has 0 aliphatic carbocycles.